The summed E-state index contributed by atoms with van der Waals surface area (Å²) in [5.41, 5.74) is 6.66. The van der Waals surface area contributed by atoms with E-state index in [9.17, 15) is 0 Å². The van der Waals surface area contributed by atoms with Gasteiger partial charge in [0.05, 0.1) is 5.56 Å². The molecule has 0 radical (unpaired) electrons. The SMILES string of the molecule is CCCc1nc(N)c(C)c(Oc2ccc(Br)cc2)n1. The van der Waals surface area contributed by atoms with Crippen molar-refractivity contribution >= 4 is 21.7 Å². The Morgan fingerprint density at radius 2 is 1.89 bits per heavy atom. The van der Waals surface area contributed by atoms with Crippen molar-refractivity contribution in [1.82, 2.24) is 9.97 Å². The zero-order valence-corrected chi connectivity index (χ0v) is 12.6. The maximum atomic E-state index is 5.89. The van der Waals surface area contributed by atoms with Gasteiger partial charge in [0.15, 0.2) is 0 Å². The molecule has 0 atom stereocenters. The van der Waals surface area contributed by atoms with Crippen LogP contribution in [0.3, 0.4) is 0 Å². The summed E-state index contributed by atoms with van der Waals surface area (Å²) in [6.45, 7) is 3.94. The molecule has 1 aromatic heterocycles. The number of ether oxygens (including phenoxy) is 1. The van der Waals surface area contributed by atoms with Crippen LogP contribution in [-0.4, -0.2) is 9.97 Å². The lowest BCUT2D eigenvalue weighted by atomic mass is 10.3. The summed E-state index contributed by atoms with van der Waals surface area (Å²) in [5, 5.41) is 0. The first kappa shape index (κ1) is 13.8. The average Bonchev–Trinajstić information content (AvgIpc) is 2.38. The normalized spacial score (nSPS) is 10.5. The van der Waals surface area contributed by atoms with Crippen molar-refractivity contribution in [2.75, 3.05) is 5.73 Å². The first-order valence-corrected chi connectivity index (χ1v) is 6.96. The Balaban J connectivity index is 2.30. The molecule has 2 aromatic rings. The van der Waals surface area contributed by atoms with Crippen LogP contribution in [0.15, 0.2) is 28.7 Å². The van der Waals surface area contributed by atoms with Crippen molar-refractivity contribution in [1.29, 1.82) is 0 Å². The molecule has 0 bridgehead atoms. The smallest absolute Gasteiger partial charge is 0.227 e. The van der Waals surface area contributed by atoms with Gasteiger partial charge in [-0.05, 0) is 37.6 Å². The second-order valence-corrected chi connectivity index (χ2v) is 5.18. The number of halogens is 1. The first-order valence-electron chi connectivity index (χ1n) is 6.16. The number of aryl methyl sites for hydroxylation is 1. The van der Waals surface area contributed by atoms with Gasteiger partial charge in [-0.2, -0.15) is 4.98 Å². The van der Waals surface area contributed by atoms with Gasteiger partial charge in [0, 0.05) is 10.9 Å². The van der Waals surface area contributed by atoms with E-state index in [0.29, 0.717) is 11.7 Å². The van der Waals surface area contributed by atoms with Crippen molar-refractivity contribution in [3.05, 3.63) is 40.1 Å². The van der Waals surface area contributed by atoms with Gasteiger partial charge in [-0.15, -0.1) is 0 Å². The fourth-order valence-electron chi connectivity index (χ4n) is 1.61. The van der Waals surface area contributed by atoms with Crippen molar-refractivity contribution in [3.63, 3.8) is 0 Å². The molecule has 0 aliphatic heterocycles. The summed E-state index contributed by atoms with van der Waals surface area (Å²) < 4.78 is 6.79. The van der Waals surface area contributed by atoms with Crippen LogP contribution in [0, 0.1) is 6.92 Å². The Hall–Kier alpha value is -1.62. The second-order valence-electron chi connectivity index (χ2n) is 4.26. The molecule has 5 heteroatoms. The predicted molar refractivity (Wildman–Crippen MR) is 79.4 cm³/mol. The van der Waals surface area contributed by atoms with Gasteiger partial charge < -0.3 is 10.5 Å². The highest BCUT2D eigenvalue weighted by Crippen LogP contribution is 2.26. The lowest BCUT2D eigenvalue weighted by Gasteiger charge is -2.10. The van der Waals surface area contributed by atoms with Crippen LogP contribution in [-0.2, 0) is 6.42 Å². The van der Waals surface area contributed by atoms with Gasteiger partial charge in [0.2, 0.25) is 5.88 Å². The summed E-state index contributed by atoms with van der Waals surface area (Å²) in [7, 11) is 0. The van der Waals surface area contributed by atoms with Crippen LogP contribution in [0.5, 0.6) is 11.6 Å². The Morgan fingerprint density at radius 3 is 2.53 bits per heavy atom. The third-order valence-corrected chi connectivity index (χ3v) is 3.22. The minimum Gasteiger partial charge on any atom is -0.439 e. The minimum atomic E-state index is 0.477. The van der Waals surface area contributed by atoms with E-state index in [1.165, 1.54) is 0 Å². The van der Waals surface area contributed by atoms with E-state index in [4.69, 9.17) is 10.5 Å². The highest BCUT2D eigenvalue weighted by molar-refractivity contribution is 9.10. The van der Waals surface area contributed by atoms with Crippen LogP contribution in [0.4, 0.5) is 5.82 Å². The fourth-order valence-corrected chi connectivity index (χ4v) is 1.87. The molecule has 1 aromatic carbocycles. The Bertz CT molecular complexity index is 570. The maximum absolute atomic E-state index is 5.89. The highest BCUT2D eigenvalue weighted by Gasteiger charge is 2.10. The number of benzene rings is 1. The van der Waals surface area contributed by atoms with Crippen molar-refractivity contribution in [2.45, 2.75) is 26.7 Å². The molecule has 0 spiro atoms. The molecule has 0 saturated carbocycles. The van der Waals surface area contributed by atoms with Crippen LogP contribution in [0.25, 0.3) is 0 Å². The van der Waals surface area contributed by atoms with E-state index in [-0.39, 0.29) is 0 Å². The second kappa shape index (κ2) is 6.02. The van der Waals surface area contributed by atoms with E-state index in [0.717, 1.165) is 34.5 Å². The standard InChI is InChI=1S/C14H16BrN3O/c1-3-4-12-17-13(16)9(2)14(18-12)19-11-7-5-10(15)6-8-11/h5-8H,3-4H2,1-2H3,(H2,16,17,18). The molecule has 4 nitrogen and oxygen atoms in total. The number of nitrogens with two attached hydrogens (primary N) is 1. The average molecular weight is 322 g/mol. The van der Waals surface area contributed by atoms with Gasteiger partial charge in [-0.1, -0.05) is 22.9 Å². The molecule has 1 heterocycles. The lowest BCUT2D eigenvalue weighted by molar-refractivity contribution is 0.454. The van der Waals surface area contributed by atoms with Crippen LogP contribution >= 0.6 is 15.9 Å². The molecule has 0 fully saturated rings. The molecule has 100 valence electrons. The first-order chi connectivity index (χ1) is 9.10. The minimum absolute atomic E-state index is 0.477. The Morgan fingerprint density at radius 1 is 1.21 bits per heavy atom. The lowest BCUT2D eigenvalue weighted by Crippen LogP contribution is -2.04. The van der Waals surface area contributed by atoms with Gasteiger partial charge in [0.1, 0.15) is 17.4 Å². The third kappa shape index (κ3) is 3.44. The summed E-state index contributed by atoms with van der Waals surface area (Å²) in [4.78, 5) is 8.67. The van der Waals surface area contributed by atoms with Crippen molar-refractivity contribution < 1.29 is 4.74 Å². The summed E-state index contributed by atoms with van der Waals surface area (Å²) in [6, 6.07) is 7.59. The quantitative estimate of drug-likeness (QED) is 0.928. The van der Waals surface area contributed by atoms with E-state index in [2.05, 4.69) is 32.8 Å². The largest absolute Gasteiger partial charge is 0.439 e. The number of hydrogen-bond donors (Lipinski definition) is 1. The molecule has 0 unspecified atom stereocenters. The van der Waals surface area contributed by atoms with E-state index in [1.807, 2.05) is 31.2 Å². The Labute approximate surface area is 121 Å². The Kier molecular flexibility index (Phi) is 4.37. The molecule has 0 aliphatic rings. The van der Waals surface area contributed by atoms with Crippen LogP contribution < -0.4 is 10.5 Å². The predicted octanol–water partition coefficient (Wildman–Crippen LogP) is 3.87. The zero-order valence-electron chi connectivity index (χ0n) is 11.0. The number of nitrogen functional groups attached to an aromatic ring is 1. The van der Waals surface area contributed by atoms with E-state index >= 15 is 0 Å². The molecular formula is C14H16BrN3O. The molecular weight excluding hydrogens is 306 g/mol. The van der Waals surface area contributed by atoms with Gasteiger partial charge in [0.25, 0.3) is 0 Å². The monoisotopic (exact) mass is 321 g/mol. The number of aromatic nitrogens is 2. The van der Waals surface area contributed by atoms with Gasteiger partial charge in [-0.25, -0.2) is 4.98 Å². The van der Waals surface area contributed by atoms with E-state index in [1.54, 1.807) is 0 Å². The summed E-state index contributed by atoms with van der Waals surface area (Å²) >= 11 is 3.39. The van der Waals surface area contributed by atoms with Crippen LogP contribution in [0.2, 0.25) is 0 Å². The summed E-state index contributed by atoms with van der Waals surface area (Å²) in [6.07, 6.45) is 1.77. The molecule has 2 rings (SSSR count). The fraction of sp³-hybridized carbons (Fsp3) is 0.286. The molecule has 0 aliphatic carbocycles. The van der Waals surface area contributed by atoms with Crippen molar-refractivity contribution in [2.24, 2.45) is 0 Å². The van der Waals surface area contributed by atoms with Crippen molar-refractivity contribution in [3.8, 4) is 11.6 Å². The van der Waals surface area contributed by atoms with Crippen LogP contribution in [0.1, 0.15) is 24.7 Å². The number of nitrogens with zero attached hydrogens (tertiary/aromatic N) is 2. The molecule has 2 N–H and O–H groups in total. The topological polar surface area (TPSA) is 61.0 Å². The summed E-state index contributed by atoms with van der Waals surface area (Å²) in [5.74, 6) is 2.45. The van der Waals surface area contributed by atoms with E-state index < -0.39 is 0 Å². The van der Waals surface area contributed by atoms with Gasteiger partial charge >= 0.3 is 0 Å². The third-order valence-electron chi connectivity index (χ3n) is 2.69. The highest BCUT2D eigenvalue weighted by atomic mass is 79.9. The van der Waals surface area contributed by atoms with Gasteiger partial charge in [-0.3, -0.25) is 0 Å². The number of hydrogen-bond acceptors (Lipinski definition) is 4. The molecule has 19 heavy (non-hydrogen) atoms. The molecule has 0 saturated heterocycles. The molecule has 0 amide bonds. The number of anilines is 1. The zero-order chi connectivity index (χ0) is 13.8. The number of rotatable bonds is 4. The maximum Gasteiger partial charge on any atom is 0.227 e.